The van der Waals surface area contributed by atoms with Gasteiger partial charge < -0.3 is 15.2 Å². The second kappa shape index (κ2) is 13.7. The summed E-state index contributed by atoms with van der Waals surface area (Å²) in [4.78, 5) is 11.5. The molecule has 176 valence electrons. The highest BCUT2D eigenvalue weighted by Gasteiger charge is 2.24. The molecule has 0 unspecified atom stereocenters. The lowest BCUT2D eigenvalue weighted by atomic mass is 9.93. The van der Waals surface area contributed by atoms with E-state index >= 15 is 0 Å². The topological polar surface area (TPSA) is 105 Å². The van der Waals surface area contributed by atoms with Crippen LogP contribution in [0.5, 0.6) is 5.75 Å². The van der Waals surface area contributed by atoms with Gasteiger partial charge in [0.15, 0.2) is 0 Å². The molecule has 1 heterocycles. The van der Waals surface area contributed by atoms with Crippen LogP contribution in [0.3, 0.4) is 0 Å². The number of carboxylic acid groups (broad SMARTS) is 1. The molecule has 0 bridgehead atoms. The molecule has 3 N–H and O–H groups in total. The Morgan fingerprint density at radius 1 is 1.16 bits per heavy atom. The monoisotopic (exact) mass is 454 g/mol. The molecule has 1 atom stereocenters. The molecule has 1 aliphatic rings. The number of unbranched alkanes of at least 4 members (excludes halogenated alkanes) is 3. The summed E-state index contributed by atoms with van der Waals surface area (Å²) in [7, 11) is -3.61. The van der Waals surface area contributed by atoms with Gasteiger partial charge in [-0.2, -0.15) is 0 Å². The van der Waals surface area contributed by atoms with E-state index in [4.69, 9.17) is 4.74 Å². The SMILES string of the molecule is CCCCCS(=O)(=O)N[C@@H](Cc1ccc(OCCCCC2CCNCC2)cc1)C(=O)O. The van der Waals surface area contributed by atoms with Gasteiger partial charge in [0.2, 0.25) is 10.0 Å². The molecule has 1 aromatic rings. The highest BCUT2D eigenvalue weighted by Crippen LogP contribution is 2.19. The van der Waals surface area contributed by atoms with E-state index in [1.165, 1.54) is 25.7 Å². The standard InChI is InChI=1S/C23H38N2O5S/c1-2-3-6-17-31(28,29)25-22(23(26)27)18-20-8-10-21(11-9-20)30-16-5-4-7-19-12-14-24-15-13-19/h8-11,19,22,24-25H,2-7,12-18H2,1H3,(H,26,27)/t22-/m0/s1. The molecule has 0 radical (unpaired) electrons. The fraction of sp³-hybridized carbons (Fsp3) is 0.696. The lowest BCUT2D eigenvalue weighted by Crippen LogP contribution is -2.43. The van der Waals surface area contributed by atoms with E-state index in [2.05, 4.69) is 10.0 Å². The van der Waals surface area contributed by atoms with Crippen LogP contribution in [-0.2, 0) is 21.2 Å². The van der Waals surface area contributed by atoms with E-state index in [0.29, 0.717) is 13.0 Å². The number of ether oxygens (including phenoxy) is 1. The molecular formula is C23H38N2O5S. The van der Waals surface area contributed by atoms with Gasteiger partial charge in [-0.3, -0.25) is 4.79 Å². The van der Waals surface area contributed by atoms with E-state index in [1.54, 1.807) is 12.1 Å². The smallest absolute Gasteiger partial charge is 0.322 e. The van der Waals surface area contributed by atoms with Crippen LogP contribution in [0.2, 0.25) is 0 Å². The zero-order chi connectivity index (χ0) is 22.5. The summed E-state index contributed by atoms with van der Waals surface area (Å²) in [5.74, 6) is 0.368. The summed E-state index contributed by atoms with van der Waals surface area (Å²) in [6.07, 6.45) is 8.33. The normalized spacial score (nSPS) is 16.2. The van der Waals surface area contributed by atoms with Gasteiger partial charge in [0.05, 0.1) is 12.4 Å². The van der Waals surface area contributed by atoms with Crippen molar-refractivity contribution in [3.63, 3.8) is 0 Å². The quantitative estimate of drug-likeness (QED) is 0.351. The third-order valence-corrected chi connectivity index (χ3v) is 7.20. The van der Waals surface area contributed by atoms with Gasteiger partial charge in [0.1, 0.15) is 11.8 Å². The van der Waals surface area contributed by atoms with Crippen LogP contribution < -0.4 is 14.8 Å². The number of nitrogens with one attached hydrogen (secondary N) is 2. The minimum atomic E-state index is -3.61. The summed E-state index contributed by atoms with van der Waals surface area (Å²) in [6, 6.07) is 6.05. The van der Waals surface area contributed by atoms with Crippen molar-refractivity contribution in [2.45, 2.75) is 70.8 Å². The summed E-state index contributed by atoms with van der Waals surface area (Å²) < 4.78 is 32.4. The molecule has 8 heteroatoms. The molecule has 1 fully saturated rings. The first-order valence-corrected chi connectivity index (χ1v) is 13.2. The Morgan fingerprint density at radius 3 is 2.52 bits per heavy atom. The first-order chi connectivity index (χ1) is 14.9. The molecule has 0 saturated carbocycles. The number of hydrogen-bond acceptors (Lipinski definition) is 5. The van der Waals surface area contributed by atoms with Crippen molar-refractivity contribution in [2.24, 2.45) is 5.92 Å². The number of aliphatic carboxylic acids is 1. The average Bonchev–Trinajstić information content (AvgIpc) is 2.75. The Kier molecular flexibility index (Phi) is 11.3. The Hall–Kier alpha value is -1.64. The molecule has 0 aliphatic carbocycles. The lowest BCUT2D eigenvalue weighted by molar-refractivity contribution is -0.138. The van der Waals surface area contributed by atoms with Gasteiger partial charge in [-0.15, -0.1) is 0 Å². The van der Waals surface area contributed by atoms with Crippen LogP contribution in [0, 0.1) is 5.92 Å². The first-order valence-electron chi connectivity index (χ1n) is 11.5. The Labute approximate surface area is 187 Å². The van der Waals surface area contributed by atoms with Crippen LogP contribution in [-0.4, -0.2) is 51.0 Å². The van der Waals surface area contributed by atoms with Gasteiger partial charge in [-0.25, -0.2) is 13.1 Å². The molecule has 1 saturated heterocycles. The lowest BCUT2D eigenvalue weighted by Gasteiger charge is -2.22. The van der Waals surface area contributed by atoms with E-state index in [0.717, 1.165) is 49.6 Å². The number of piperidine rings is 1. The fourth-order valence-electron chi connectivity index (χ4n) is 3.85. The zero-order valence-corrected chi connectivity index (χ0v) is 19.5. The van der Waals surface area contributed by atoms with Crippen LogP contribution in [0.25, 0.3) is 0 Å². The zero-order valence-electron chi connectivity index (χ0n) is 18.6. The first kappa shape index (κ1) is 25.6. The summed E-state index contributed by atoms with van der Waals surface area (Å²) in [5.41, 5.74) is 0.752. The van der Waals surface area contributed by atoms with E-state index < -0.39 is 22.0 Å². The van der Waals surface area contributed by atoms with Crippen LogP contribution in [0.4, 0.5) is 0 Å². The largest absolute Gasteiger partial charge is 0.494 e. The maximum absolute atomic E-state index is 12.1. The van der Waals surface area contributed by atoms with Crippen LogP contribution in [0.1, 0.15) is 63.9 Å². The van der Waals surface area contributed by atoms with Crippen molar-refractivity contribution >= 4 is 16.0 Å². The van der Waals surface area contributed by atoms with Gasteiger partial charge >= 0.3 is 5.97 Å². The summed E-state index contributed by atoms with van der Waals surface area (Å²) >= 11 is 0. The van der Waals surface area contributed by atoms with Crippen molar-refractivity contribution in [1.82, 2.24) is 10.0 Å². The molecule has 1 aromatic carbocycles. The highest BCUT2D eigenvalue weighted by molar-refractivity contribution is 7.89. The van der Waals surface area contributed by atoms with Crippen molar-refractivity contribution in [3.8, 4) is 5.75 Å². The summed E-state index contributed by atoms with van der Waals surface area (Å²) in [5, 5.41) is 12.8. The predicted molar refractivity (Wildman–Crippen MR) is 123 cm³/mol. The van der Waals surface area contributed by atoms with E-state index in [1.807, 2.05) is 19.1 Å². The third-order valence-electron chi connectivity index (χ3n) is 5.73. The average molecular weight is 455 g/mol. The maximum atomic E-state index is 12.1. The number of carboxylic acids is 1. The van der Waals surface area contributed by atoms with Crippen molar-refractivity contribution < 1.29 is 23.1 Å². The number of rotatable bonds is 15. The van der Waals surface area contributed by atoms with Crippen molar-refractivity contribution in [1.29, 1.82) is 0 Å². The highest BCUT2D eigenvalue weighted by atomic mass is 32.2. The molecule has 0 spiro atoms. The van der Waals surface area contributed by atoms with Crippen LogP contribution in [0.15, 0.2) is 24.3 Å². The fourth-order valence-corrected chi connectivity index (χ4v) is 5.17. The molecule has 1 aliphatic heterocycles. The Bertz CT molecular complexity index is 746. The van der Waals surface area contributed by atoms with Gasteiger partial charge in [0.25, 0.3) is 0 Å². The number of hydrogen-bond donors (Lipinski definition) is 3. The second-order valence-corrected chi connectivity index (χ2v) is 10.3. The number of carbonyl (C=O) groups is 1. The maximum Gasteiger partial charge on any atom is 0.322 e. The molecule has 0 amide bonds. The molecule has 0 aromatic heterocycles. The summed E-state index contributed by atoms with van der Waals surface area (Å²) in [6.45, 7) is 4.93. The van der Waals surface area contributed by atoms with E-state index in [-0.39, 0.29) is 12.2 Å². The van der Waals surface area contributed by atoms with Gasteiger partial charge in [0, 0.05) is 0 Å². The van der Waals surface area contributed by atoms with Gasteiger partial charge in [-0.05, 0) is 75.2 Å². The Balaban J connectivity index is 1.74. The third kappa shape index (κ3) is 10.5. The van der Waals surface area contributed by atoms with E-state index in [9.17, 15) is 18.3 Å². The number of benzene rings is 1. The minimum absolute atomic E-state index is 0.0466. The second-order valence-electron chi connectivity index (χ2n) is 8.42. The number of sulfonamides is 1. The Morgan fingerprint density at radius 2 is 1.87 bits per heavy atom. The molecule has 2 rings (SSSR count). The van der Waals surface area contributed by atoms with Crippen molar-refractivity contribution in [2.75, 3.05) is 25.4 Å². The minimum Gasteiger partial charge on any atom is -0.494 e. The molecule has 7 nitrogen and oxygen atoms in total. The predicted octanol–water partition coefficient (Wildman–Crippen LogP) is 3.34. The van der Waals surface area contributed by atoms with Crippen molar-refractivity contribution in [3.05, 3.63) is 29.8 Å². The van der Waals surface area contributed by atoms with Gasteiger partial charge in [-0.1, -0.05) is 38.3 Å². The molecular weight excluding hydrogens is 416 g/mol. The van der Waals surface area contributed by atoms with Crippen LogP contribution >= 0.6 is 0 Å². The molecule has 31 heavy (non-hydrogen) atoms.